The van der Waals surface area contributed by atoms with E-state index in [9.17, 15) is 33.3 Å². The van der Waals surface area contributed by atoms with Gasteiger partial charge in [0.15, 0.2) is 17.2 Å². The maximum Gasteiger partial charge on any atom is 0.254 e. The van der Waals surface area contributed by atoms with Gasteiger partial charge in [0.25, 0.3) is 5.91 Å². The van der Waals surface area contributed by atoms with Gasteiger partial charge in [0.05, 0.1) is 11.4 Å². The highest BCUT2D eigenvalue weighted by Gasteiger charge is 2.41. The highest BCUT2D eigenvalue weighted by Crippen LogP contribution is 2.36. The molecule has 36 heavy (non-hydrogen) atoms. The molecule has 0 saturated carbocycles. The van der Waals surface area contributed by atoms with Gasteiger partial charge in [-0.25, -0.2) is 8.42 Å². The summed E-state index contributed by atoms with van der Waals surface area (Å²) >= 11 is 1.43. The van der Waals surface area contributed by atoms with Crippen LogP contribution in [0.15, 0.2) is 58.8 Å². The Morgan fingerprint density at radius 3 is 2.33 bits per heavy atom. The Morgan fingerprint density at radius 1 is 1.06 bits per heavy atom. The minimum Gasteiger partial charge on any atom is -0.504 e. The second-order valence-corrected chi connectivity index (χ2v) is 11.0. The molecule has 0 aliphatic carbocycles. The van der Waals surface area contributed by atoms with E-state index in [-0.39, 0.29) is 36.6 Å². The number of carbonyl (C=O) groups is 2. The van der Waals surface area contributed by atoms with E-state index < -0.39 is 45.1 Å². The van der Waals surface area contributed by atoms with Gasteiger partial charge in [-0.15, -0.1) is 11.3 Å². The number of aromatic hydroxyl groups is 3. The van der Waals surface area contributed by atoms with Crippen molar-refractivity contribution < 1.29 is 33.3 Å². The molecule has 0 spiro atoms. The van der Waals surface area contributed by atoms with Crippen LogP contribution >= 0.6 is 11.3 Å². The Morgan fingerprint density at radius 2 is 1.72 bits per heavy atom. The van der Waals surface area contributed by atoms with Crippen LogP contribution in [0.25, 0.3) is 0 Å². The summed E-state index contributed by atoms with van der Waals surface area (Å²) in [6, 6.07) is 9.98. The lowest BCUT2D eigenvalue weighted by molar-refractivity contribution is -0.126. The molecule has 3 aromatic rings. The maximum absolute atomic E-state index is 13.4. The maximum atomic E-state index is 13.4. The monoisotopic (exact) mass is 532 g/mol. The summed E-state index contributed by atoms with van der Waals surface area (Å²) in [6.07, 6.45) is 0. The van der Waals surface area contributed by atoms with Crippen LogP contribution in [0, 0.1) is 0 Å². The third kappa shape index (κ3) is 5.08. The topological polar surface area (TPSA) is 174 Å². The lowest BCUT2D eigenvalue weighted by atomic mass is 10.1. The van der Waals surface area contributed by atoms with Crippen LogP contribution in [0.1, 0.15) is 15.2 Å². The lowest BCUT2D eigenvalue weighted by Crippen LogP contribution is -2.61. The van der Waals surface area contributed by atoms with Crippen molar-refractivity contribution in [3.05, 3.63) is 64.4 Å². The number of hydrogen-bond acceptors (Lipinski definition) is 9. The molecule has 2 aromatic carbocycles. The second kappa shape index (κ2) is 10.0. The van der Waals surface area contributed by atoms with Crippen LogP contribution in [0.3, 0.4) is 0 Å². The van der Waals surface area contributed by atoms with Crippen molar-refractivity contribution in [2.45, 2.75) is 17.5 Å². The van der Waals surface area contributed by atoms with E-state index in [1.54, 1.807) is 0 Å². The average molecular weight is 533 g/mol. The fraction of sp³-hybridized carbons (Fsp3) is 0.217. The molecule has 1 atom stereocenters. The Labute approximate surface area is 211 Å². The van der Waals surface area contributed by atoms with Crippen molar-refractivity contribution in [1.82, 2.24) is 14.5 Å². The number of phenols is 3. The SMILES string of the molecule is Nc1ccc(S(=O)(=O)N2CCN(C(=O)c3cc(O)c(O)c(O)c3)CC2C(=O)NCc2cccs2)cc1. The first kappa shape index (κ1) is 25.3. The molecule has 1 aliphatic heterocycles. The number of sulfonamides is 1. The Balaban J connectivity index is 1.62. The van der Waals surface area contributed by atoms with Gasteiger partial charge in [-0.3, -0.25) is 9.59 Å². The molecular formula is C23H24N4O7S2. The molecule has 1 aromatic heterocycles. The summed E-state index contributed by atoms with van der Waals surface area (Å²) in [5, 5.41) is 33.7. The van der Waals surface area contributed by atoms with E-state index in [0.29, 0.717) is 5.69 Å². The average Bonchev–Trinajstić information content (AvgIpc) is 3.38. The zero-order valence-corrected chi connectivity index (χ0v) is 20.5. The van der Waals surface area contributed by atoms with Gasteiger partial charge in [0.1, 0.15) is 6.04 Å². The molecule has 6 N–H and O–H groups in total. The van der Waals surface area contributed by atoms with Gasteiger partial charge in [0.2, 0.25) is 15.9 Å². The molecule has 0 bridgehead atoms. The van der Waals surface area contributed by atoms with Gasteiger partial charge in [-0.05, 0) is 47.8 Å². The van der Waals surface area contributed by atoms with Gasteiger partial charge in [-0.2, -0.15) is 4.31 Å². The van der Waals surface area contributed by atoms with E-state index in [2.05, 4.69) is 5.32 Å². The summed E-state index contributed by atoms with van der Waals surface area (Å²) in [5.41, 5.74) is 5.94. The number of phenolic OH excluding ortho intramolecular Hbond substituents is 3. The summed E-state index contributed by atoms with van der Waals surface area (Å²) in [6.45, 7) is -0.308. The first-order valence-electron chi connectivity index (χ1n) is 10.8. The molecule has 11 nitrogen and oxygen atoms in total. The van der Waals surface area contributed by atoms with Crippen LogP contribution in [-0.2, 0) is 21.4 Å². The fourth-order valence-electron chi connectivity index (χ4n) is 3.84. The number of nitrogens with one attached hydrogen (secondary N) is 1. The number of nitrogen functional groups attached to an aromatic ring is 1. The third-order valence-electron chi connectivity index (χ3n) is 5.74. The number of nitrogens with zero attached hydrogens (tertiary/aromatic N) is 2. The smallest absolute Gasteiger partial charge is 0.254 e. The molecule has 2 amide bonds. The zero-order chi connectivity index (χ0) is 26.0. The number of thiophene rings is 1. The summed E-state index contributed by atoms with van der Waals surface area (Å²) in [5.74, 6) is -3.38. The first-order chi connectivity index (χ1) is 17.1. The van der Waals surface area contributed by atoms with Crippen molar-refractivity contribution >= 4 is 38.9 Å². The normalized spacial score (nSPS) is 16.6. The van der Waals surface area contributed by atoms with Gasteiger partial charge in [0, 0.05) is 35.8 Å². The fourth-order valence-corrected chi connectivity index (χ4v) is 6.06. The molecule has 1 aliphatic rings. The van der Waals surface area contributed by atoms with Crippen molar-refractivity contribution in [2.75, 3.05) is 25.4 Å². The van der Waals surface area contributed by atoms with Crippen LogP contribution in [-0.4, -0.2) is 70.4 Å². The summed E-state index contributed by atoms with van der Waals surface area (Å²) in [4.78, 5) is 28.4. The van der Waals surface area contributed by atoms with E-state index in [1.165, 1.54) is 40.5 Å². The number of hydrogen-bond donors (Lipinski definition) is 5. The molecule has 13 heteroatoms. The Bertz CT molecular complexity index is 1350. The van der Waals surface area contributed by atoms with E-state index in [0.717, 1.165) is 21.3 Å². The highest BCUT2D eigenvalue weighted by molar-refractivity contribution is 7.89. The number of carbonyl (C=O) groups excluding carboxylic acids is 2. The predicted molar refractivity (Wildman–Crippen MR) is 132 cm³/mol. The molecule has 2 heterocycles. The van der Waals surface area contributed by atoms with Gasteiger partial charge >= 0.3 is 0 Å². The standard InChI is InChI=1S/C23H24N4O7S2/c24-15-3-5-17(6-4-15)36(33,34)27-8-7-26(23(32)14-10-19(28)21(30)20(29)11-14)13-18(27)22(31)25-12-16-2-1-9-35-16/h1-6,9-11,18,28-30H,7-8,12-13,24H2,(H,25,31). The number of piperazine rings is 1. The number of nitrogens with two attached hydrogens (primary N) is 1. The van der Waals surface area contributed by atoms with E-state index in [4.69, 9.17) is 5.73 Å². The number of rotatable bonds is 6. The van der Waals surface area contributed by atoms with Gasteiger partial charge < -0.3 is 31.3 Å². The molecule has 1 fully saturated rings. The van der Waals surface area contributed by atoms with E-state index in [1.807, 2.05) is 17.5 Å². The number of amides is 2. The molecule has 190 valence electrons. The quantitative estimate of drug-likeness (QED) is 0.233. The third-order valence-corrected chi connectivity index (χ3v) is 8.54. The van der Waals surface area contributed by atoms with E-state index >= 15 is 0 Å². The molecule has 4 rings (SSSR count). The molecular weight excluding hydrogens is 508 g/mol. The molecule has 1 saturated heterocycles. The zero-order valence-electron chi connectivity index (χ0n) is 18.9. The van der Waals surface area contributed by atoms with Crippen molar-refractivity contribution in [1.29, 1.82) is 0 Å². The molecule has 1 unspecified atom stereocenters. The minimum absolute atomic E-state index is 0.0408. The van der Waals surface area contributed by atoms with Crippen LogP contribution in [0.5, 0.6) is 17.2 Å². The predicted octanol–water partition coefficient (Wildman–Crippen LogP) is 1.28. The minimum atomic E-state index is -4.11. The second-order valence-electron chi connectivity index (χ2n) is 8.11. The van der Waals surface area contributed by atoms with Crippen molar-refractivity contribution in [2.24, 2.45) is 0 Å². The van der Waals surface area contributed by atoms with Crippen LogP contribution in [0.4, 0.5) is 5.69 Å². The van der Waals surface area contributed by atoms with Gasteiger partial charge in [-0.1, -0.05) is 6.07 Å². The largest absolute Gasteiger partial charge is 0.504 e. The van der Waals surface area contributed by atoms with Crippen molar-refractivity contribution in [3.8, 4) is 17.2 Å². The number of anilines is 1. The first-order valence-corrected chi connectivity index (χ1v) is 13.1. The summed E-state index contributed by atoms with van der Waals surface area (Å²) < 4.78 is 27.9. The molecule has 0 radical (unpaired) electrons. The number of benzene rings is 2. The van der Waals surface area contributed by atoms with Crippen LogP contribution < -0.4 is 11.1 Å². The van der Waals surface area contributed by atoms with Crippen LogP contribution in [0.2, 0.25) is 0 Å². The summed E-state index contributed by atoms with van der Waals surface area (Å²) in [7, 11) is -4.11. The highest BCUT2D eigenvalue weighted by atomic mass is 32.2. The lowest BCUT2D eigenvalue weighted by Gasteiger charge is -2.39. The van der Waals surface area contributed by atoms with Crippen molar-refractivity contribution in [3.63, 3.8) is 0 Å². The Kier molecular flexibility index (Phi) is 7.06. The Hall–Kier alpha value is -3.81.